The minimum absolute atomic E-state index is 0.0838. The van der Waals surface area contributed by atoms with Crippen LogP contribution < -0.4 is 4.74 Å². The number of rotatable bonds is 5. The molecule has 142 valence electrons. The predicted octanol–water partition coefficient (Wildman–Crippen LogP) is 5.21. The van der Waals surface area contributed by atoms with Crippen molar-refractivity contribution in [1.82, 2.24) is 9.55 Å². The highest BCUT2D eigenvalue weighted by Gasteiger charge is 2.19. The number of hydrogen-bond donors (Lipinski definition) is 1. The molecule has 0 aliphatic rings. The molecule has 0 amide bonds. The van der Waals surface area contributed by atoms with Gasteiger partial charge in [0.15, 0.2) is 0 Å². The number of aliphatic hydroxyl groups excluding tert-OH is 1. The van der Waals surface area contributed by atoms with Crippen LogP contribution in [0.2, 0.25) is 5.02 Å². The Hall–Kier alpha value is -2.82. The van der Waals surface area contributed by atoms with E-state index in [0.717, 1.165) is 38.9 Å². The Balaban J connectivity index is 1.96. The lowest BCUT2D eigenvalue weighted by Gasteiger charge is -2.12. The van der Waals surface area contributed by atoms with Crippen LogP contribution in [-0.2, 0) is 13.2 Å². The van der Waals surface area contributed by atoms with Crippen molar-refractivity contribution in [3.8, 4) is 17.0 Å². The van der Waals surface area contributed by atoms with E-state index in [1.54, 1.807) is 13.3 Å². The van der Waals surface area contributed by atoms with Crippen molar-refractivity contribution in [1.29, 1.82) is 0 Å². The quantitative estimate of drug-likeness (QED) is 0.507. The van der Waals surface area contributed by atoms with Gasteiger partial charge < -0.3 is 14.4 Å². The number of hydrogen-bond acceptors (Lipinski definition) is 3. The van der Waals surface area contributed by atoms with Crippen LogP contribution in [-0.4, -0.2) is 21.8 Å². The molecule has 0 fully saturated rings. The SMILES string of the molecule is COc1ccc(-c2c(CO)n(Cc3ccccc3Cl)c3ccc(C)cc23)cn1. The Kier molecular flexibility index (Phi) is 5.07. The van der Waals surface area contributed by atoms with Crippen LogP contribution in [0.5, 0.6) is 5.88 Å². The lowest BCUT2D eigenvalue weighted by molar-refractivity contribution is 0.273. The van der Waals surface area contributed by atoms with E-state index in [9.17, 15) is 5.11 Å². The van der Waals surface area contributed by atoms with Gasteiger partial charge >= 0.3 is 0 Å². The van der Waals surface area contributed by atoms with E-state index in [1.165, 1.54) is 0 Å². The number of aromatic nitrogens is 2. The first-order valence-corrected chi connectivity index (χ1v) is 9.46. The minimum atomic E-state index is -0.0838. The molecule has 0 unspecified atom stereocenters. The molecule has 1 N–H and O–H groups in total. The van der Waals surface area contributed by atoms with Crippen LogP contribution in [0, 0.1) is 6.92 Å². The zero-order valence-electron chi connectivity index (χ0n) is 15.8. The van der Waals surface area contributed by atoms with Gasteiger partial charge in [-0.25, -0.2) is 4.98 Å². The first-order chi connectivity index (χ1) is 13.6. The highest BCUT2D eigenvalue weighted by atomic mass is 35.5. The van der Waals surface area contributed by atoms with Crippen molar-refractivity contribution in [3.05, 3.63) is 82.6 Å². The molecule has 0 aliphatic carbocycles. The monoisotopic (exact) mass is 392 g/mol. The molecule has 0 aliphatic heterocycles. The van der Waals surface area contributed by atoms with Crippen molar-refractivity contribution in [2.45, 2.75) is 20.1 Å². The standard InChI is InChI=1S/C23H21ClN2O2/c1-15-7-9-20-18(11-15)23(16-8-10-22(28-2)25-12-16)21(14-27)26(20)13-17-5-3-4-6-19(17)24/h3-12,27H,13-14H2,1-2H3. The topological polar surface area (TPSA) is 47.3 Å². The summed E-state index contributed by atoms with van der Waals surface area (Å²) >= 11 is 6.40. The van der Waals surface area contributed by atoms with E-state index in [4.69, 9.17) is 16.3 Å². The van der Waals surface area contributed by atoms with Gasteiger partial charge in [-0.1, -0.05) is 41.4 Å². The third-order valence-corrected chi connectivity index (χ3v) is 5.37. The summed E-state index contributed by atoms with van der Waals surface area (Å²) in [4.78, 5) is 4.35. The van der Waals surface area contributed by atoms with E-state index in [2.05, 4.69) is 34.7 Å². The van der Waals surface area contributed by atoms with Crippen molar-refractivity contribution in [2.75, 3.05) is 7.11 Å². The average Bonchev–Trinajstić information content (AvgIpc) is 3.02. The summed E-state index contributed by atoms with van der Waals surface area (Å²) in [7, 11) is 1.60. The van der Waals surface area contributed by atoms with Crippen LogP contribution in [0.15, 0.2) is 60.8 Å². The number of benzene rings is 2. The first-order valence-electron chi connectivity index (χ1n) is 9.08. The molecule has 2 aromatic heterocycles. The number of ether oxygens (including phenoxy) is 1. The molecule has 0 bridgehead atoms. The molecule has 0 spiro atoms. The smallest absolute Gasteiger partial charge is 0.212 e. The highest BCUT2D eigenvalue weighted by Crippen LogP contribution is 2.37. The zero-order chi connectivity index (χ0) is 19.7. The lowest BCUT2D eigenvalue weighted by atomic mass is 10.0. The van der Waals surface area contributed by atoms with Crippen molar-refractivity contribution < 1.29 is 9.84 Å². The minimum Gasteiger partial charge on any atom is -0.481 e. The van der Waals surface area contributed by atoms with Crippen LogP contribution >= 0.6 is 11.6 Å². The van der Waals surface area contributed by atoms with Crippen molar-refractivity contribution >= 4 is 22.5 Å². The number of pyridine rings is 1. The maximum Gasteiger partial charge on any atom is 0.212 e. The first kappa shape index (κ1) is 18.5. The highest BCUT2D eigenvalue weighted by molar-refractivity contribution is 6.31. The summed E-state index contributed by atoms with van der Waals surface area (Å²) < 4.78 is 7.32. The van der Waals surface area contributed by atoms with Gasteiger partial charge in [0.05, 0.1) is 19.4 Å². The summed E-state index contributed by atoms with van der Waals surface area (Å²) in [5.41, 5.74) is 6.00. The van der Waals surface area contributed by atoms with Gasteiger partial charge in [0.1, 0.15) is 0 Å². The second-order valence-electron chi connectivity index (χ2n) is 6.77. The molecule has 4 aromatic rings. The van der Waals surface area contributed by atoms with Gasteiger partial charge in [0.2, 0.25) is 5.88 Å². The predicted molar refractivity (Wildman–Crippen MR) is 113 cm³/mol. The third kappa shape index (κ3) is 3.26. The Morgan fingerprint density at radius 3 is 2.61 bits per heavy atom. The van der Waals surface area contributed by atoms with Crippen LogP contribution in [0.25, 0.3) is 22.0 Å². The van der Waals surface area contributed by atoms with Crippen LogP contribution in [0.4, 0.5) is 0 Å². The maximum absolute atomic E-state index is 10.3. The molecule has 0 atom stereocenters. The van der Waals surface area contributed by atoms with Gasteiger partial charge in [-0.3, -0.25) is 0 Å². The van der Waals surface area contributed by atoms with E-state index >= 15 is 0 Å². The Morgan fingerprint density at radius 2 is 1.93 bits per heavy atom. The molecule has 28 heavy (non-hydrogen) atoms. The molecule has 2 aromatic carbocycles. The zero-order valence-corrected chi connectivity index (χ0v) is 16.6. The van der Waals surface area contributed by atoms with E-state index < -0.39 is 0 Å². The molecule has 4 rings (SSSR count). The second kappa shape index (κ2) is 7.66. The fraction of sp³-hybridized carbons (Fsp3) is 0.174. The fourth-order valence-corrected chi connectivity index (χ4v) is 3.83. The summed E-state index contributed by atoms with van der Waals surface area (Å²) in [5.74, 6) is 0.560. The summed E-state index contributed by atoms with van der Waals surface area (Å²) in [6.45, 7) is 2.57. The Bertz CT molecular complexity index is 1130. The second-order valence-corrected chi connectivity index (χ2v) is 7.17. The Morgan fingerprint density at radius 1 is 1.11 bits per heavy atom. The van der Waals surface area contributed by atoms with Gasteiger partial charge in [-0.05, 0) is 36.8 Å². The van der Waals surface area contributed by atoms with E-state index in [0.29, 0.717) is 17.4 Å². The molecular formula is C23H21ClN2O2. The van der Waals surface area contributed by atoms with Gasteiger partial charge in [0, 0.05) is 45.9 Å². The van der Waals surface area contributed by atoms with Gasteiger partial charge in [-0.2, -0.15) is 0 Å². The number of fused-ring (bicyclic) bond motifs is 1. The van der Waals surface area contributed by atoms with Crippen molar-refractivity contribution in [3.63, 3.8) is 0 Å². The van der Waals surface area contributed by atoms with Crippen molar-refractivity contribution in [2.24, 2.45) is 0 Å². The summed E-state index contributed by atoms with van der Waals surface area (Å²) in [6, 6.07) is 17.9. The number of methoxy groups -OCH3 is 1. The molecule has 0 saturated carbocycles. The maximum atomic E-state index is 10.3. The number of aliphatic hydroxyl groups is 1. The molecule has 0 saturated heterocycles. The summed E-state index contributed by atoms with van der Waals surface area (Å²) in [5, 5.41) is 12.1. The molecule has 0 radical (unpaired) electrons. The van der Waals surface area contributed by atoms with Gasteiger partial charge in [0.25, 0.3) is 0 Å². The molecule has 5 heteroatoms. The van der Waals surface area contributed by atoms with E-state index in [1.807, 2.05) is 36.4 Å². The normalized spacial score (nSPS) is 11.1. The number of nitrogens with zero attached hydrogens (tertiary/aromatic N) is 2. The average molecular weight is 393 g/mol. The third-order valence-electron chi connectivity index (χ3n) is 5.00. The van der Waals surface area contributed by atoms with Crippen LogP contribution in [0.1, 0.15) is 16.8 Å². The lowest BCUT2D eigenvalue weighted by Crippen LogP contribution is -2.05. The molecule has 4 nitrogen and oxygen atoms in total. The van der Waals surface area contributed by atoms with E-state index in [-0.39, 0.29) is 6.61 Å². The van der Waals surface area contributed by atoms with Gasteiger partial charge in [-0.15, -0.1) is 0 Å². The number of aryl methyl sites for hydroxylation is 1. The Labute approximate surface area is 169 Å². The number of halogens is 1. The summed E-state index contributed by atoms with van der Waals surface area (Å²) in [6.07, 6.45) is 1.79. The largest absolute Gasteiger partial charge is 0.481 e. The molecule has 2 heterocycles. The van der Waals surface area contributed by atoms with Crippen LogP contribution in [0.3, 0.4) is 0 Å². The molecular weight excluding hydrogens is 372 g/mol. The fourth-order valence-electron chi connectivity index (χ4n) is 3.63.